The summed E-state index contributed by atoms with van der Waals surface area (Å²) in [5.74, 6) is -1.42. The van der Waals surface area contributed by atoms with Gasteiger partial charge in [0, 0.05) is 48.7 Å². The number of benzene rings is 1. The first-order valence-corrected chi connectivity index (χ1v) is 13.8. The summed E-state index contributed by atoms with van der Waals surface area (Å²) >= 11 is 0. The Morgan fingerprint density at radius 3 is 2.35 bits per heavy atom. The number of carbonyl (C=O) groups is 2. The Labute approximate surface area is 229 Å². The lowest BCUT2D eigenvalue weighted by Gasteiger charge is -2.20. The Bertz CT molecular complexity index is 1480. The van der Waals surface area contributed by atoms with Crippen LogP contribution in [0.4, 0.5) is 36.4 Å². The number of pyridine rings is 1. The van der Waals surface area contributed by atoms with Gasteiger partial charge in [-0.1, -0.05) is 19.9 Å². The van der Waals surface area contributed by atoms with Crippen LogP contribution >= 0.6 is 0 Å². The molecule has 2 heterocycles. The van der Waals surface area contributed by atoms with E-state index in [1.807, 2.05) is 0 Å². The highest BCUT2D eigenvalue weighted by Crippen LogP contribution is 2.34. The zero-order valence-corrected chi connectivity index (χ0v) is 22.9. The quantitative estimate of drug-likeness (QED) is 0.310. The molecule has 1 amide bonds. The van der Waals surface area contributed by atoms with Crippen molar-refractivity contribution >= 4 is 45.0 Å². The first-order valence-electron chi connectivity index (χ1n) is 11.9. The zero-order valence-electron chi connectivity index (χ0n) is 22.1. The molecule has 2 aromatic heterocycles. The Morgan fingerprint density at radius 2 is 1.75 bits per heavy atom. The van der Waals surface area contributed by atoms with Crippen molar-refractivity contribution in [1.82, 2.24) is 20.3 Å². The van der Waals surface area contributed by atoms with Gasteiger partial charge in [0.1, 0.15) is 17.2 Å². The number of amides is 1. The van der Waals surface area contributed by atoms with Crippen molar-refractivity contribution in [2.24, 2.45) is 5.92 Å². The van der Waals surface area contributed by atoms with Crippen LogP contribution in [0.25, 0.3) is 0 Å². The molecule has 0 bridgehead atoms. The van der Waals surface area contributed by atoms with Crippen LogP contribution in [0, 0.1) is 5.92 Å². The normalized spacial score (nSPS) is 11.7. The Morgan fingerprint density at radius 1 is 1.07 bits per heavy atom. The van der Waals surface area contributed by atoms with Gasteiger partial charge in [0.15, 0.2) is 5.78 Å². The summed E-state index contributed by atoms with van der Waals surface area (Å²) in [6.45, 7) is 3.14. The molecular weight excluding hydrogens is 551 g/mol. The molecule has 1 aromatic carbocycles. The first-order chi connectivity index (χ1) is 18.7. The van der Waals surface area contributed by atoms with Crippen LogP contribution in [-0.2, 0) is 27.5 Å². The Kier molecular flexibility index (Phi) is 9.29. The van der Waals surface area contributed by atoms with E-state index >= 15 is 0 Å². The molecule has 0 atom stereocenters. The van der Waals surface area contributed by atoms with E-state index in [-0.39, 0.29) is 42.1 Å². The first kappa shape index (κ1) is 30.3. The summed E-state index contributed by atoms with van der Waals surface area (Å²) in [7, 11) is -2.38. The third kappa shape index (κ3) is 7.88. The number of hydrogen-bond donors (Lipinski definition) is 3. The van der Waals surface area contributed by atoms with Crippen molar-refractivity contribution in [3.63, 3.8) is 0 Å². The summed E-state index contributed by atoms with van der Waals surface area (Å²) in [6.07, 6.45) is -1.80. The highest BCUT2D eigenvalue weighted by Gasteiger charge is 2.35. The summed E-state index contributed by atoms with van der Waals surface area (Å²) in [6, 6.07) is 9.03. The molecule has 0 saturated heterocycles. The lowest BCUT2D eigenvalue weighted by atomic mass is 10.1. The molecule has 0 spiro atoms. The van der Waals surface area contributed by atoms with E-state index in [0.29, 0.717) is 17.4 Å². The molecule has 3 rings (SSSR count). The van der Waals surface area contributed by atoms with Crippen molar-refractivity contribution in [2.75, 3.05) is 34.8 Å². The van der Waals surface area contributed by atoms with E-state index in [1.165, 1.54) is 49.6 Å². The fourth-order valence-corrected chi connectivity index (χ4v) is 3.76. The smallest absolute Gasteiger partial charge is 0.365 e. The maximum absolute atomic E-state index is 13.7. The molecule has 3 aromatic rings. The topological polar surface area (TPSA) is 146 Å². The van der Waals surface area contributed by atoms with Crippen LogP contribution in [0.5, 0.6) is 0 Å². The number of alkyl halides is 3. The van der Waals surface area contributed by atoms with Gasteiger partial charge in [0.2, 0.25) is 16.0 Å². The van der Waals surface area contributed by atoms with Gasteiger partial charge in [-0.05, 0) is 30.3 Å². The van der Waals surface area contributed by atoms with Crippen molar-refractivity contribution in [3.8, 4) is 0 Å². The zero-order chi connectivity index (χ0) is 29.7. The molecule has 11 nitrogen and oxygen atoms in total. The standard InChI is InChI=1S/C25H28F3N7O4S/c1-15(2)20(36)14-31-23(37)16-7-9-18(10-8-16)33-24-32-13-19(25(26,27)28)21(34-24)30-12-17-6-5-11-29-22(17)35(3)40(4,38)39/h5-11,13,15H,12,14H2,1-4H3,(H,31,37)(H2,30,32,33,34). The predicted molar refractivity (Wildman–Crippen MR) is 144 cm³/mol. The summed E-state index contributed by atoms with van der Waals surface area (Å²) < 4.78 is 65.9. The molecule has 0 radical (unpaired) electrons. The molecule has 15 heteroatoms. The maximum atomic E-state index is 13.7. The molecule has 0 saturated carbocycles. The maximum Gasteiger partial charge on any atom is 0.421 e. The monoisotopic (exact) mass is 579 g/mol. The second kappa shape index (κ2) is 12.3. The number of halogens is 3. The third-order valence-electron chi connectivity index (χ3n) is 5.67. The number of anilines is 4. The molecule has 0 unspecified atom stereocenters. The SMILES string of the molecule is CC(C)C(=O)CNC(=O)c1ccc(Nc2ncc(C(F)(F)F)c(NCc3cccnc3N(C)S(C)(=O)=O)n2)cc1. The van der Waals surface area contributed by atoms with Crippen molar-refractivity contribution in [3.05, 3.63) is 65.5 Å². The highest BCUT2D eigenvalue weighted by atomic mass is 32.2. The average molecular weight is 580 g/mol. The number of nitrogens with one attached hydrogen (secondary N) is 3. The number of aromatic nitrogens is 3. The number of sulfonamides is 1. The van der Waals surface area contributed by atoms with Gasteiger partial charge in [0.25, 0.3) is 5.91 Å². The second-order valence-corrected chi connectivity index (χ2v) is 11.0. The van der Waals surface area contributed by atoms with E-state index in [0.717, 1.165) is 10.6 Å². The van der Waals surface area contributed by atoms with Gasteiger partial charge in [-0.15, -0.1) is 0 Å². The number of carbonyl (C=O) groups excluding carboxylic acids is 2. The fourth-order valence-electron chi connectivity index (χ4n) is 3.28. The van der Waals surface area contributed by atoms with Crippen LogP contribution < -0.4 is 20.3 Å². The minimum Gasteiger partial charge on any atom is -0.365 e. The van der Waals surface area contributed by atoms with Gasteiger partial charge in [-0.3, -0.25) is 13.9 Å². The van der Waals surface area contributed by atoms with E-state index in [9.17, 15) is 31.2 Å². The predicted octanol–water partition coefficient (Wildman–Crippen LogP) is 3.60. The fraction of sp³-hybridized carbons (Fsp3) is 0.320. The number of Topliss-reactive ketones (excluding diaryl/α,β-unsaturated/α-hetero) is 1. The molecule has 214 valence electrons. The Balaban J connectivity index is 1.79. The largest absolute Gasteiger partial charge is 0.421 e. The molecular formula is C25H28F3N7O4S. The lowest BCUT2D eigenvalue weighted by molar-refractivity contribution is -0.137. The molecule has 0 aliphatic rings. The number of rotatable bonds is 11. The summed E-state index contributed by atoms with van der Waals surface area (Å²) in [4.78, 5) is 35.8. The van der Waals surface area contributed by atoms with E-state index in [2.05, 4.69) is 30.9 Å². The van der Waals surface area contributed by atoms with Crippen LogP contribution in [-0.4, -0.2) is 54.9 Å². The van der Waals surface area contributed by atoms with Crippen LogP contribution in [0.1, 0.15) is 35.3 Å². The number of ketones is 1. The summed E-state index contributed by atoms with van der Waals surface area (Å²) in [5, 5.41) is 7.93. The van der Waals surface area contributed by atoms with Gasteiger partial charge >= 0.3 is 6.18 Å². The van der Waals surface area contributed by atoms with Gasteiger partial charge in [-0.25, -0.2) is 18.4 Å². The van der Waals surface area contributed by atoms with E-state index < -0.39 is 33.5 Å². The second-order valence-electron chi connectivity index (χ2n) is 9.03. The van der Waals surface area contributed by atoms with E-state index in [1.54, 1.807) is 13.8 Å². The minimum atomic E-state index is -4.77. The van der Waals surface area contributed by atoms with Crippen LogP contribution in [0.15, 0.2) is 48.8 Å². The minimum absolute atomic E-state index is 0.0520. The molecule has 40 heavy (non-hydrogen) atoms. The number of hydrogen-bond acceptors (Lipinski definition) is 9. The molecule has 0 aliphatic heterocycles. The summed E-state index contributed by atoms with van der Waals surface area (Å²) in [5.41, 5.74) is -0.127. The van der Waals surface area contributed by atoms with Crippen molar-refractivity contribution in [1.29, 1.82) is 0 Å². The molecule has 3 N–H and O–H groups in total. The Hall–Kier alpha value is -4.27. The van der Waals surface area contributed by atoms with Gasteiger partial charge < -0.3 is 16.0 Å². The molecule has 0 aliphatic carbocycles. The van der Waals surface area contributed by atoms with Crippen LogP contribution in [0.2, 0.25) is 0 Å². The van der Waals surface area contributed by atoms with E-state index in [4.69, 9.17) is 0 Å². The number of nitrogens with zero attached hydrogens (tertiary/aromatic N) is 4. The average Bonchev–Trinajstić information content (AvgIpc) is 2.89. The van der Waals surface area contributed by atoms with Gasteiger partial charge in [-0.2, -0.15) is 18.2 Å². The lowest BCUT2D eigenvalue weighted by Crippen LogP contribution is -2.31. The highest BCUT2D eigenvalue weighted by molar-refractivity contribution is 7.92. The van der Waals surface area contributed by atoms with Crippen molar-refractivity contribution in [2.45, 2.75) is 26.6 Å². The molecule has 0 fully saturated rings. The van der Waals surface area contributed by atoms with Crippen LogP contribution in [0.3, 0.4) is 0 Å². The third-order valence-corrected chi connectivity index (χ3v) is 6.84. The van der Waals surface area contributed by atoms with Gasteiger partial charge in [0.05, 0.1) is 12.8 Å². The van der Waals surface area contributed by atoms with Crippen molar-refractivity contribution < 1.29 is 31.2 Å².